The number of nitrogens with one attached hydrogen (secondary N) is 3. The molecule has 1 unspecified atom stereocenters. The lowest BCUT2D eigenvalue weighted by molar-refractivity contribution is 0.0954. The summed E-state index contributed by atoms with van der Waals surface area (Å²) in [6, 6.07) is 4.48. The molecule has 0 heterocycles. The molecule has 0 spiro atoms. The highest BCUT2D eigenvalue weighted by molar-refractivity contribution is 6.00. The van der Waals surface area contributed by atoms with Gasteiger partial charge >= 0.3 is 0 Å². The minimum absolute atomic E-state index is 0.257. The van der Waals surface area contributed by atoms with E-state index >= 15 is 0 Å². The van der Waals surface area contributed by atoms with Crippen molar-refractivity contribution in [3.63, 3.8) is 0 Å². The number of carbonyl (C=O) groups is 2. The predicted octanol–water partition coefficient (Wildman–Crippen LogP) is -2.40. The van der Waals surface area contributed by atoms with Crippen LogP contribution >= 0.6 is 0 Å². The first-order valence-corrected chi connectivity index (χ1v) is 7.76. The topological polar surface area (TPSA) is 169 Å². The quantitative estimate of drug-likeness (QED) is 0.233. The number of benzene rings is 1. The summed E-state index contributed by atoms with van der Waals surface area (Å²) < 4.78 is 0. The highest BCUT2D eigenvalue weighted by Gasteiger charge is 2.16. The molecule has 10 N–H and O–H groups in total. The molecule has 0 saturated heterocycles. The Balaban J connectivity index is 3.08. The maximum Gasteiger partial charge on any atom is 0.251 e. The van der Waals surface area contributed by atoms with Gasteiger partial charge in [-0.25, -0.2) is 0 Å². The number of hydrogen-bond acceptors (Lipinski definition) is 7. The van der Waals surface area contributed by atoms with Crippen molar-refractivity contribution in [2.45, 2.75) is 6.23 Å². The van der Waals surface area contributed by atoms with Crippen molar-refractivity contribution in [2.75, 3.05) is 39.3 Å². The summed E-state index contributed by atoms with van der Waals surface area (Å²) in [5, 5.41) is 18.2. The summed E-state index contributed by atoms with van der Waals surface area (Å²) in [6.07, 6.45) is -1.04. The molecule has 24 heavy (non-hydrogen) atoms. The van der Waals surface area contributed by atoms with Gasteiger partial charge in [0.1, 0.15) is 6.23 Å². The molecule has 1 aromatic rings. The van der Waals surface area contributed by atoms with Gasteiger partial charge in [0, 0.05) is 50.4 Å². The molecule has 1 aromatic carbocycles. The molecule has 0 saturated carbocycles. The summed E-state index contributed by atoms with van der Waals surface area (Å²) in [4.78, 5) is 24.3. The normalized spacial score (nSPS) is 11.8. The maximum absolute atomic E-state index is 12.1. The zero-order valence-corrected chi connectivity index (χ0v) is 13.5. The third kappa shape index (κ3) is 6.22. The maximum atomic E-state index is 12.1. The Hall–Kier alpha value is -2.04. The van der Waals surface area contributed by atoms with E-state index < -0.39 is 6.23 Å². The van der Waals surface area contributed by atoms with E-state index in [4.69, 9.17) is 17.2 Å². The molecule has 0 aromatic heterocycles. The summed E-state index contributed by atoms with van der Waals surface area (Å²) >= 11 is 0. The van der Waals surface area contributed by atoms with E-state index in [1.807, 2.05) is 0 Å². The lowest BCUT2D eigenvalue weighted by atomic mass is 10.0. The van der Waals surface area contributed by atoms with Crippen LogP contribution in [0.1, 0.15) is 32.5 Å². The van der Waals surface area contributed by atoms with Crippen LogP contribution in [0.4, 0.5) is 0 Å². The molecular formula is C15H26N6O3. The third-order valence-corrected chi connectivity index (χ3v) is 3.14. The van der Waals surface area contributed by atoms with Crippen LogP contribution < -0.4 is 33.2 Å². The van der Waals surface area contributed by atoms with Crippen molar-refractivity contribution in [2.24, 2.45) is 17.2 Å². The Morgan fingerprint density at radius 2 is 1.33 bits per heavy atom. The van der Waals surface area contributed by atoms with E-state index in [9.17, 15) is 14.7 Å². The minimum Gasteiger partial charge on any atom is -0.374 e. The molecule has 0 fully saturated rings. The fraction of sp³-hybridized carbons (Fsp3) is 0.467. The van der Waals surface area contributed by atoms with Gasteiger partial charge in [-0.15, -0.1) is 0 Å². The minimum atomic E-state index is -1.04. The van der Waals surface area contributed by atoms with Crippen LogP contribution in [0.25, 0.3) is 0 Å². The first-order valence-electron chi connectivity index (χ1n) is 7.76. The summed E-state index contributed by atoms with van der Waals surface area (Å²) in [5.74, 6) is -0.748. The van der Waals surface area contributed by atoms with Gasteiger partial charge < -0.3 is 32.9 Å². The van der Waals surface area contributed by atoms with Gasteiger partial charge in [-0.1, -0.05) is 0 Å². The molecule has 9 nitrogen and oxygen atoms in total. The lowest BCUT2D eigenvalue weighted by Gasteiger charge is -2.15. The van der Waals surface area contributed by atoms with Crippen molar-refractivity contribution in [1.82, 2.24) is 16.0 Å². The van der Waals surface area contributed by atoms with Crippen LogP contribution in [0, 0.1) is 0 Å². The van der Waals surface area contributed by atoms with Gasteiger partial charge in [0.05, 0.1) is 0 Å². The van der Waals surface area contributed by atoms with E-state index in [1.54, 1.807) is 0 Å². The largest absolute Gasteiger partial charge is 0.374 e. The van der Waals surface area contributed by atoms with Crippen molar-refractivity contribution >= 4 is 11.8 Å². The third-order valence-electron chi connectivity index (χ3n) is 3.14. The Morgan fingerprint density at radius 1 is 0.875 bits per heavy atom. The van der Waals surface area contributed by atoms with Gasteiger partial charge in [-0.05, 0) is 23.8 Å². The monoisotopic (exact) mass is 338 g/mol. The number of aliphatic hydroxyl groups is 1. The second kappa shape index (κ2) is 10.7. The lowest BCUT2D eigenvalue weighted by Crippen LogP contribution is -2.32. The Labute approximate surface area is 141 Å². The summed E-state index contributed by atoms with van der Waals surface area (Å²) in [6.45, 7) is 1.96. The number of nitrogens with two attached hydrogens (primary N) is 3. The van der Waals surface area contributed by atoms with Gasteiger partial charge in [-0.2, -0.15) is 0 Å². The number of aliphatic hydroxyl groups excluding tert-OH is 1. The molecule has 0 aliphatic rings. The predicted molar refractivity (Wildman–Crippen MR) is 91.2 cm³/mol. The van der Waals surface area contributed by atoms with Gasteiger partial charge in [0.2, 0.25) is 0 Å². The second-order valence-corrected chi connectivity index (χ2v) is 5.08. The number of hydrogen-bond donors (Lipinski definition) is 7. The summed E-state index contributed by atoms with van der Waals surface area (Å²) in [7, 11) is 0. The van der Waals surface area contributed by atoms with Crippen molar-refractivity contribution in [3.05, 3.63) is 34.9 Å². The molecule has 0 radical (unpaired) electrons. The summed E-state index contributed by atoms with van der Waals surface area (Å²) in [5.41, 5.74) is 17.0. The second-order valence-electron chi connectivity index (χ2n) is 5.08. The zero-order chi connectivity index (χ0) is 17.9. The van der Waals surface area contributed by atoms with Crippen molar-refractivity contribution in [1.29, 1.82) is 0 Å². The number of carbonyl (C=O) groups excluding carboxylic acids is 2. The highest BCUT2D eigenvalue weighted by atomic mass is 16.3. The Bertz CT molecular complexity index is 514. The molecule has 1 atom stereocenters. The van der Waals surface area contributed by atoms with E-state index in [-0.39, 0.29) is 22.9 Å². The average Bonchev–Trinajstić information content (AvgIpc) is 2.61. The smallest absolute Gasteiger partial charge is 0.251 e. The van der Waals surface area contributed by atoms with Gasteiger partial charge in [-0.3, -0.25) is 14.9 Å². The van der Waals surface area contributed by atoms with Crippen molar-refractivity contribution in [3.8, 4) is 0 Å². The molecule has 9 heteroatoms. The first kappa shape index (κ1) is 20.0. The Kier molecular flexibility index (Phi) is 8.90. The van der Waals surface area contributed by atoms with Gasteiger partial charge in [0.15, 0.2) is 0 Å². The molecule has 1 rings (SSSR count). The number of amides is 2. The molecule has 0 aliphatic heterocycles. The number of rotatable bonds is 10. The molecule has 0 aliphatic carbocycles. The van der Waals surface area contributed by atoms with E-state index in [0.717, 1.165) is 0 Å². The average molecular weight is 338 g/mol. The van der Waals surface area contributed by atoms with Crippen LogP contribution in [0.3, 0.4) is 0 Å². The van der Waals surface area contributed by atoms with Crippen LogP contribution in [0.15, 0.2) is 18.2 Å². The standard InChI is InChI=1S/C15H26N6O3/c16-1-4-19-13(22)10-7-11(14(23)20-5-2-17)9-12(8-10)15(24)21-6-3-18/h7-9,13,19,22H,1-6,16-18H2,(H,20,23)(H,21,24). The molecule has 134 valence electrons. The Morgan fingerprint density at radius 3 is 1.75 bits per heavy atom. The van der Waals surface area contributed by atoms with Crippen molar-refractivity contribution < 1.29 is 14.7 Å². The highest BCUT2D eigenvalue weighted by Crippen LogP contribution is 2.16. The molecule has 2 amide bonds. The van der Waals surface area contributed by atoms with E-state index in [1.165, 1.54) is 18.2 Å². The van der Waals surface area contributed by atoms with Crippen LogP contribution in [-0.4, -0.2) is 56.2 Å². The first-order chi connectivity index (χ1) is 11.5. The van der Waals surface area contributed by atoms with Crippen LogP contribution in [0.2, 0.25) is 0 Å². The molecule has 0 bridgehead atoms. The van der Waals surface area contributed by atoms with E-state index in [2.05, 4.69) is 16.0 Å². The fourth-order valence-corrected chi connectivity index (χ4v) is 1.99. The van der Waals surface area contributed by atoms with Crippen LogP contribution in [-0.2, 0) is 0 Å². The van der Waals surface area contributed by atoms with E-state index in [0.29, 0.717) is 44.8 Å². The fourth-order valence-electron chi connectivity index (χ4n) is 1.99. The zero-order valence-electron chi connectivity index (χ0n) is 13.5. The van der Waals surface area contributed by atoms with Crippen LogP contribution in [0.5, 0.6) is 0 Å². The van der Waals surface area contributed by atoms with Gasteiger partial charge in [0.25, 0.3) is 11.8 Å². The SMILES string of the molecule is NCCNC(=O)c1cc(C(=O)NCCN)cc(C(O)NCCN)c1. The molecular weight excluding hydrogens is 312 g/mol.